The standard InChI is InChI=1S/C38H47Cl3N2O3/c1-3-5-7-9-11-13-15-28-17-21-31(22-18-28)45-27-35-37(38(44)43(42-35)36-33(40)25-30(39)26-34(36)41)46-32-23-19-29(20-24-32)16-14-12-10-8-6-4-2/h17-26,37H,3-16,27H2,1-2H3. The molecule has 248 valence electrons. The Morgan fingerprint density at radius 3 is 1.67 bits per heavy atom. The number of nitrogens with zero attached hydrogens (tertiary/aromatic N) is 2. The maximum atomic E-state index is 13.7. The molecule has 1 aliphatic rings. The maximum absolute atomic E-state index is 13.7. The maximum Gasteiger partial charge on any atom is 0.294 e. The van der Waals surface area contributed by atoms with Crippen molar-refractivity contribution in [2.24, 2.45) is 5.10 Å². The number of benzene rings is 3. The van der Waals surface area contributed by atoms with Crippen LogP contribution in [0.3, 0.4) is 0 Å². The molecule has 4 rings (SSSR count). The van der Waals surface area contributed by atoms with Crippen LogP contribution in [0.4, 0.5) is 5.69 Å². The molecule has 3 aromatic carbocycles. The minimum atomic E-state index is -1.00. The molecule has 1 unspecified atom stereocenters. The number of aryl methyl sites for hydroxylation is 2. The Morgan fingerprint density at radius 1 is 0.674 bits per heavy atom. The fraction of sp³-hybridized carbons (Fsp3) is 0.474. The minimum Gasteiger partial charge on any atom is -0.487 e. The number of rotatable bonds is 20. The number of anilines is 1. The van der Waals surface area contributed by atoms with Gasteiger partial charge in [0, 0.05) is 5.02 Å². The first-order valence-electron chi connectivity index (χ1n) is 16.9. The van der Waals surface area contributed by atoms with Crippen molar-refractivity contribution >= 4 is 52.1 Å². The second-order valence-corrected chi connectivity index (χ2v) is 13.3. The highest BCUT2D eigenvalue weighted by atomic mass is 35.5. The van der Waals surface area contributed by atoms with Gasteiger partial charge in [-0.1, -0.05) is 137 Å². The number of hydrogen-bond acceptors (Lipinski definition) is 4. The van der Waals surface area contributed by atoms with Gasteiger partial charge < -0.3 is 9.47 Å². The van der Waals surface area contributed by atoms with Gasteiger partial charge in [0.25, 0.3) is 5.91 Å². The molecule has 0 saturated carbocycles. The quantitative estimate of drug-likeness (QED) is 0.111. The van der Waals surface area contributed by atoms with Gasteiger partial charge in [0.05, 0.1) is 10.0 Å². The van der Waals surface area contributed by atoms with Crippen molar-refractivity contribution in [1.82, 2.24) is 0 Å². The second-order valence-electron chi connectivity index (χ2n) is 12.1. The topological polar surface area (TPSA) is 51.1 Å². The summed E-state index contributed by atoms with van der Waals surface area (Å²) in [5, 5.41) is 6.60. The van der Waals surface area contributed by atoms with Crippen LogP contribution in [0.1, 0.15) is 102 Å². The van der Waals surface area contributed by atoms with Crippen LogP contribution >= 0.6 is 34.8 Å². The predicted octanol–water partition coefficient (Wildman–Crippen LogP) is 11.7. The summed E-state index contributed by atoms with van der Waals surface area (Å²) in [7, 11) is 0. The molecule has 0 aromatic heterocycles. The average molecular weight is 686 g/mol. The number of carbonyl (C=O) groups is 1. The van der Waals surface area contributed by atoms with E-state index >= 15 is 0 Å². The molecular formula is C38H47Cl3N2O3. The molecule has 1 amide bonds. The van der Waals surface area contributed by atoms with Crippen molar-refractivity contribution in [3.63, 3.8) is 0 Å². The van der Waals surface area contributed by atoms with Crippen LogP contribution in [0, 0.1) is 0 Å². The third kappa shape index (κ3) is 10.9. The fourth-order valence-corrected chi connectivity index (χ4v) is 6.58. The van der Waals surface area contributed by atoms with Crippen LogP contribution in [0.5, 0.6) is 11.5 Å². The summed E-state index contributed by atoms with van der Waals surface area (Å²) in [4.78, 5) is 13.7. The SMILES string of the molecule is CCCCCCCCc1ccc(OCC2=NN(c3c(Cl)cc(Cl)cc3Cl)C(=O)C2Oc2ccc(CCCCCCCC)cc2)cc1. The Hall–Kier alpha value is -2.73. The molecule has 5 nitrogen and oxygen atoms in total. The third-order valence-corrected chi connectivity index (χ3v) is 9.08. The zero-order chi connectivity index (χ0) is 32.7. The number of carbonyl (C=O) groups excluding carboxylic acids is 1. The van der Waals surface area contributed by atoms with E-state index < -0.39 is 12.0 Å². The van der Waals surface area contributed by atoms with Crippen LogP contribution < -0.4 is 14.5 Å². The number of hydrogen-bond donors (Lipinski definition) is 0. The lowest BCUT2D eigenvalue weighted by molar-refractivity contribution is -0.121. The molecule has 0 saturated heterocycles. The second kappa shape index (κ2) is 19.2. The van der Waals surface area contributed by atoms with Gasteiger partial charge in [0.1, 0.15) is 29.5 Å². The van der Waals surface area contributed by atoms with E-state index in [-0.39, 0.29) is 22.3 Å². The molecule has 0 aliphatic carbocycles. The number of ether oxygens (including phenoxy) is 2. The molecule has 8 heteroatoms. The Balaban J connectivity index is 1.41. The zero-order valence-corrected chi connectivity index (χ0v) is 29.5. The van der Waals surface area contributed by atoms with E-state index in [1.54, 1.807) is 0 Å². The molecule has 0 radical (unpaired) electrons. The molecule has 0 spiro atoms. The molecule has 0 fully saturated rings. The molecule has 0 bridgehead atoms. The highest BCUT2D eigenvalue weighted by molar-refractivity contribution is 6.42. The van der Waals surface area contributed by atoms with Crippen molar-refractivity contribution in [2.75, 3.05) is 11.6 Å². The van der Waals surface area contributed by atoms with Gasteiger partial charge in [-0.2, -0.15) is 10.1 Å². The zero-order valence-electron chi connectivity index (χ0n) is 27.2. The van der Waals surface area contributed by atoms with E-state index in [1.165, 1.54) is 98.9 Å². The summed E-state index contributed by atoms with van der Waals surface area (Å²) in [5.74, 6) is 0.864. The van der Waals surface area contributed by atoms with E-state index in [0.29, 0.717) is 22.2 Å². The van der Waals surface area contributed by atoms with Crippen molar-refractivity contribution in [2.45, 2.75) is 110 Å². The summed E-state index contributed by atoms with van der Waals surface area (Å²) >= 11 is 19.1. The Morgan fingerprint density at radius 2 is 1.15 bits per heavy atom. The van der Waals surface area contributed by atoms with E-state index in [1.807, 2.05) is 24.3 Å². The summed E-state index contributed by atoms with van der Waals surface area (Å²) in [6, 6.07) is 19.1. The number of amides is 1. The van der Waals surface area contributed by atoms with E-state index in [4.69, 9.17) is 44.3 Å². The summed E-state index contributed by atoms with van der Waals surface area (Å²) in [5.41, 5.74) is 3.21. The lowest BCUT2D eigenvalue weighted by Gasteiger charge is -2.18. The fourth-order valence-electron chi connectivity index (χ4n) is 5.60. The van der Waals surface area contributed by atoms with Crippen molar-refractivity contribution in [1.29, 1.82) is 0 Å². The first-order chi connectivity index (χ1) is 22.4. The van der Waals surface area contributed by atoms with Crippen molar-refractivity contribution < 1.29 is 14.3 Å². The molecule has 0 N–H and O–H groups in total. The van der Waals surface area contributed by atoms with Gasteiger partial charge in [-0.15, -0.1) is 0 Å². The summed E-state index contributed by atoms with van der Waals surface area (Å²) in [6.45, 7) is 4.53. The third-order valence-electron chi connectivity index (χ3n) is 8.28. The lowest BCUT2D eigenvalue weighted by atomic mass is 10.0. The van der Waals surface area contributed by atoms with Crippen LogP contribution in [0.25, 0.3) is 0 Å². The van der Waals surface area contributed by atoms with Gasteiger partial charge in [-0.3, -0.25) is 4.79 Å². The average Bonchev–Trinajstić information content (AvgIpc) is 3.34. The highest BCUT2D eigenvalue weighted by Gasteiger charge is 2.40. The van der Waals surface area contributed by atoms with E-state index in [0.717, 1.165) is 19.3 Å². The van der Waals surface area contributed by atoms with Crippen molar-refractivity contribution in [3.05, 3.63) is 86.9 Å². The van der Waals surface area contributed by atoms with E-state index in [9.17, 15) is 4.79 Å². The van der Waals surface area contributed by atoms with Crippen molar-refractivity contribution in [3.8, 4) is 11.5 Å². The Bertz CT molecular complexity index is 1390. The van der Waals surface area contributed by atoms with Gasteiger partial charge in [-0.05, 0) is 73.2 Å². The molecule has 3 aromatic rings. The van der Waals surface area contributed by atoms with Crippen LogP contribution in [-0.2, 0) is 17.6 Å². The van der Waals surface area contributed by atoms with Crippen LogP contribution in [0.15, 0.2) is 65.8 Å². The van der Waals surface area contributed by atoms with Gasteiger partial charge in [0.15, 0.2) is 0 Å². The summed E-state index contributed by atoms with van der Waals surface area (Å²) in [6.07, 6.45) is 16.3. The summed E-state index contributed by atoms with van der Waals surface area (Å²) < 4.78 is 12.4. The number of hydrazone groups is 1. The predicted molar refractivity (Wildman–Crippen MR) is 193 cm³/mol. The smallest absolute Gasteiger partial charge is 0.294 e. The van der Waals surface area contributed by atoms with E-state index in [2.05, 4.69) is 43.2 Å². The van der Waals surface area contributed by atoms with Crippen LogP contribution in [-0.4, -0.2) is 24.3 Å². The Kier molecular flexibility index (Phi) is 15.1. The monoisotopic (exact) mass is 684 g/mol. The molecule has 1 heterocycles. The first-order valence-corrected chi connectivity index (χ1v) is 18.1. The Labute approximate surface area is 290 Å². The molecule has 46 heavy (non-hydrogen) atoms. The lowest BCUT2D eigenvalue weighted by Crippen LogP contribution is -2.38. The number of halogens is 3. The van der Waals surface area contributed by atoms with Gasteiger partial charge in [0.2, 0.25) is 6.10 Å². The molecule has 1 aliphatic heterocycles. The highest BCUT2D eigenvalue weighted by Crippen LogP contribution is 2.39. The van der Waals surface area contributed by atoms with Gasteiger partial charge >= 0.3 is 0 Å². The molecule has 1 atom stereocenters. The molecular weight excluding hydrogens is 639 g/mol. The first kappa shape index (κ1) is 36.1. The van der Waals surface area contributed by atoms with Gasteiger partial charge in [-0.25, -0.2) is 0 Å². The largest absolute Gasteiger partial charge is 0.487 e. The normalized spacial score (nSPS) is 14.5. The number of unbranched alkanes of at least 4 members (excludes halogenated alkanes) is 10. The minimum absolute atomic E-state index is 0.0582. The van der Waals surface area contributed by atoms with Crippen LogP contribution in [0.2, 0.25) is 15.1 Å².